The molecular weight excluding hydrogens is 162 g/mol. The number of piperazine rings is 1. The van der Waals surface area contributed by atoms with Crippen molar-refractivity contribution < 1.29 is 4.48 Å². The lowest BCUT2D eigenvalue weighted by Crippen LogP contribution is -2.60. The topological polar surface area (TPSA) is 27.1 Å². The van der Waals surface area contributed by atoms with E-state index >= 15 is 0 Å². The molecule has 0 aliphatic carbocycles. The van der Waals surface area contributed by atoms with Crippen molar-refractivity contribution in [1.29, 1.82) is 5.41 Å². The van der Waals surface area contributed by atoms with E-state index in [1.165, 1.54) is 0 Å². The standard InChI is InChI=1S/C10H22N3/c1-9(2)12-5-7-13(4,8-6-12)10(3)11/h9,11H,5-8H2,1-4H3/q+1. The molecule has 0 aromatic carbocycles. The van der Waals surface area contributed by atoms with Gasteiger partial charge in [-0.25, -0.2) is 0 Å². The van der Waals surface area contributed by atoms with E-state index in [0.717, 1.165) is 36.5 Å². The van der Waals surface area contributed by atoms with Gasteiger partial charge in [0, 0.05) is 26.1 Å². The van der Waals surface area contributed by atoms with E-state index in [4.69, 9.17) is 5.41 Å². The molecular formula is C10H22N3+. The Bertz CT molecular complexity index is 190. The molecule has 1 N–H and O–H groups in total. The van der Waals surface area contributed by atoms with Gasteiger partial charge in [0.1, 0.15) is 0 Å². The Balaban J connectivity index is 2.51. The largest absolute Gasteiger partial charge is 0.290 e. The van der Waals surface area contributed by atoms with Crippen molar-refractivity contribution in [1.82, 2.24) is 4.90 Å². The Hall–Kier alpha value is -0.410. The highest BCUT2D eigenvalue weighted by Gasteiger charge is 2.31. The molecule has 76 valence electrons. The monoisotopic (exact) mass is 184 g/mol. The maximum absolute atomic E-state index is 7.71. The normalized spacial score (nSPS) is 23.5. The van der Waals surface area contributed by atoms with Crippen LogP contribution in [0.1, 0.15) is 20.8 Å². The molecule has 1 fully saturated rings. The lowest BCUT2D eigenvalue weighted by atomic mass is 10.2. The van der Waals surface area contributed by atoms with E-state index in [2.05, 4.69) is 25.8 Å². The van der Waals surface area contributed by atoms with Crippen LogP contribution in [0.3, 0.4) is 0 Å². The molecule has 0 radical (unpaired) electrons. The van der Waals surface area contributed by atoms with Gasteiger partial charge in [0.05, 0.1) is 20.1 Å². The van der Waals surface area contributed by atoms with Gasteiger partial charge in [-0.1, -0.05) is 0 Å². The first-order valence-electron chi connectivity index (χ1n) is 5.10. The Morgan fingerprint density at radius 2 is 1.77 bits per heavy atom. The van der Waals surface area contributed by atoms with E-state index in [-0.39, 0.29) is 0 Å². The Morgan fingerprint density at radius 3 is 2.08 bits per heavy atom. The number of quaternary nitrogens is 1. The molecule has 0 spiro atoms. The highest BCUT2D eigenvalue weighted by molar-refractivity contribution is 5.68. The number of rotatable bonds is 1. The first-order valence-corrected chi connectivity index (χ1v) is 5.10. The second kappa shape index (κ2) is 3.76. The van der Waals surface area contributed by atoms with Crippen LogP contribution in [0.15, 0.2) is 0 Å². The zero-order chi connectivity index (χ0) is 10.1. The summed E-state index contributed by atoms with van der Waals surface area (Å²) in [5.41, 5.74) is 0. The van der Waals surface area contributed by atoms with Gasteiger partial charge in [-0.05, 0) is 13.8 Å². The fourth-order valence-corrected chi connectivity index (χ4v) is 1.77. The molecule has 13 heavy (non-hydrogen) atoms. The quantitative estimate of drug-likeness (QED) is 0.369. The number of hydrogen-bond acceptors (Lipinski definition) is 2. The van der Waals surface area contributed by atoms with Gasteiger partial charge < -0.3 is 0 Å². The zero-order valence-corrected chi connectivity index (χ0v) is 9.30. The molecule has 0 aromatic heterocycles. The SMILES string of the molecule is CC(=N)[N+]1(C)CCN(C(C)C)CC1. The van der Waals surface area contributed by atoms with E-state index < -0.39 is 0 Å². The highest BCUT2D eigenvalue weighted by Crippen LogP contribution is 2.12. The summed E-state index contributed by atoms with van der Waals surface area (Å²) < 4.78 is 0.837. The van der Waals surface area contributed by atoms with E-state index in [1.54, 1.807) is 0 Å². The number of likely N-dealkylation sites (N-methyl/N-ethyl adjacent to an activating group) is 1. The van der Waals surface area contributed by atoms with Gasteiger partial charge >= 0.3 is 0 Å². The Kier molecular flexibility index (Phi) is 3.09. The number of amidine groups is 1. The third-order valence-electron chi connectivity index (χ3n) is 3.30. The minimum Gasteiger partial charge on any atom is -0.290 e. The predicted octanol–water partition coefficient (Wildman–Crippen LogP) is 1.15. The summed E-state index contributed by atoms with van der Waals surface area (Å²) >= 11 is 0. The molecule has 0 atom stereocenters. The summed E-state index contributed by atoms with van der Waals surface area (Å²) in [4.78, 5) is 2.49. The Labute approximate surface area is 81.4 Å². The van der Waals surface area contributed by atoms with Gasteiger partial charge in [0.15, 0.2) is 5.84 Å². The van der Waals surface area contributed by atoms with Gasteiger partial charge in [-0.15, -0.1) is 0 Å². The average Bonchev–Trinajstić information content (AvgIpc) is 2.04. The van der Waals surface area contributed by atoms with Gasteiger partial charge in [0.2, 0.25) is 0 Å². The van der Waals surface area contributed by atoms with Crippen LogP contribution in [-0.4, -0.2) is 54.5 Å². The van der Waals surface area contributed by atoms with Crippen LogP contribution in [0, 0.1) is 5.41 Å². The summed E-state index contributed by atoms with van der Waals surface area (Å²) in [6, 6.07) is 0.653. The molecule has 1 heterocycles. The van der Waals surface area contributed by atoms with Crippen LogP contribution in [0.5, 0.6) is 0 Å². The molecule has 1 saturated heterocycles. The van der Waals surface area contributed by atoms with E-state index in [9.17, 15) is 0 Å². The average molecular weight is 184 g/mol. The predicted molar refractivity (Wildman–Crippen MR) is 56.0 cm³/mol. The lowest BCUT2D eigenvalue weighted by molar-refractivity contribution is -0.827. The molecule has 3 heteroatoms. The van der Waals surface area contributed by atoms with Crippen LogP contribution >= 0.6 is 0 Å². The summed E-state index contributed by atoms with van der Waals surface area (Å²) in [7, 11) is 2.17. The fraction of sp³-hybridized carbons (Fsp3) is 0.900. The summed E-state index contributed by atoms with van der Waals surface area (Å²) in [5.74, 6) is 0.795. The van der Waals surface area contributed by atoms with Gasteiger partial charge in [-0.3, -0.25) is 14.8 Å². The maximum atomic E-state index is 7.71. The first-order chi connectivity index (χ1) is 5.96. The van der Waals surface area contributed by atoms with Gasteiger partial charge in [0.25, 0.3) is 0 Å². The highest BCUT2D eigenvalue weighted by atomic mass is 15.4. The summed E-state index contributed by atoms with van der Waals surface area (Å²) in [6.45, 7) is 10.8. The molecule has 0 saturated carbocycles. The van der Waals surface area contributed by atoms with Crippen molar-refractivity contribution in [3.05, 3.63) is 0 Å². The van der Waals surface area contributed by atoms with Crippen LogP contribution in [0.2, 0.25) is 0 Å². The molecule has 0 unspecified atom stereocenters. The lowest BCUT2D eigenvalue weighted by Gasteiger charge is -2.42. The molecule has 1 aliphatic heterocycles. The van der Waals surface area contributed by atoms with Crippen molar-refractivity contribution in [2.75, 3.05) is 33.2 Å². The second-order valence-electron chi connectivity index (χ2n) is 4.56. The molecule has 3 nitrogen and oxygen atoms in total. The first kappa shape index (κ1) is 10.7. The molecule has 0 bridgehead atoms. The van der Waals surface area contributed by atoms with Crippen molar-refractivity contribution in [2.24, 2.45) is 0 Å². The fourth-order valence-electron chi connectivity index (χ4n) is 1.77. The van der Waals surface area contributed by atoms with E-state index in [0.29, 0.717) is 6.04 Å². The van der Waals surface area contributed by atoms with Gasteiger partial charge in [-0.2, -0.15) is 0 Å². The van der Waals surface area contributed by atoms with E-state index in [1.807, 2.05) is 6.92 Å². The summed E-state index contributed by atoms with van der Waals surface area (Å²) in [5, 5.41) is 7.71. The van der Waals surface area contributed by atoms with Crippen LogP contribution in [0.4, 0.5) is 0 Å². The molecule has 1 rings (SSSR count). The third kappa shape index (κ3) is 2.29. The van der Waals surface area contributed by atoms with Crippen molar-refractivity contribution in [3.8, 4) is 0 Å². The molecule has 0 aromatic rings. The molecule has 0 amide bonds. The zero-order valence-electron chi connectivity index (χ0n) is 9.30. The third-order valence-corrected chi connectivity index (χ3v) is 3.30. The van der Waals surface area contributed by atoms with Crippen LogP contribution in [-0.2, 0) is 0 Å². The number of nitrogens with one attached hydrogen (secondary N) is 1. The Morgan fingerprint density at radius 1 is 1.31 bits per heavy atom. The van der Waals surface area contributed by atoms with Crippen LogP contribution in [0.25, 0.3) is 0 Å². The number of hydrogen-bond donors (Lipinski definition) is 1. The van der Waals surface area contributed by atoms with Crippen molar-refractivity contribution in [2.45, 2.75) is 26.8 Å². The van der Waals surface area contributed by atoms with Crippen molar-refractivity contribution in [3.63, 3.8) is 0 Å². The van der Waals surface area contributed by atoms with Crippen molar-refractivity contribution >= 4 is 5.84 Å². The molecule has 1 aliphatic rings. The minimum absolute atomic E-state index is 0.653. The summed E-state index contributed by atoms with van der Waals surface area (Å²) in [6.07, 6.45) is 0. The number of nitrogens with zero attached hydrogens (tertiary/aromatic N) is 2. The smallest absolute Gasteiger partial charge is 0.192 e. The minimum atomic E-state index is 0.653. The second-order valence-corrected chi connectivity index (χ2v) is 4.56. The maximum Gasteiger partial charge on any atom is 0.192 e. The van der Waals surface area contributed by atoms with Crippen LogP contribution < -0.4 is 0 Å².